The van der Waals surface area contributed by atoms with Crippen molar-refractivity contribution in [2.24, 2.45) is 0 Å². The number of rotatable bonds is 8. The van der Waals surface area contributed by atoms with Crippen LogP contribution in [0.3, 0.4) is 0 Å². The van der Waals surface area contributed by atoms with E-state index in [0.29, 0.717) is 43.3 Å². The number of carbonyl (C=O) groups excluding carboxylic acids is 3. The van der Waals surface area contributed by atoms with Crippen LogP contribution in [0.2, 0.25) is 0 Å². The summed E-state index contributed by atoms with van der Waals surface area (Å²) in [4.78, 5) is 45.5. The van der Waals surface area contributed by atoms with Gasteiger partial charge in [0.1, 0.15) is 17.3 Å². The van der Waals surface area contributed by atoms with E-state index in [4.69, 9.17) is 4.74 Å². The summed E-state index contributed by atoms with van der Waals surface area (Å²) in [5, 5.41) is 2.93. The molecule has 208 valence electrons. The second-order valence-electron chi connectivity index (χ2n) is 10.7. The molecule has 38 heavy (non-hydrogen) atoms. The first-order valence-electron chi connectivity index (χ1n) is 12.8. The van der Waals surface area contributed by atoms with E-state index >= 15 is 0 Å². The van der Waals surface area contributed by atoms with Crippen LogP contribution in [0.5, 0.6) is 0 Å². The molecule has 0 spiro atoms. The Hall–Kier alpha value is -3.75. The predicted octanol–water partition coefficient (Wildman–Crippen LogP) is 4.80. The number of benzene rings is 1. The molecule has 0 saturated carbocycles. The van der Waals surface area contributed by atoms with Gasteiger partial charge in [-0.2, -0.15) is 0 Å². The first-order chi connectivity index (χ1) is 17.7. The Balaban J connectivity index is 2.04. The molecule has 1 fully saturated rings. The SMILES string of the molecule is C=CN(C(C(=O)N(C)C(=C)C)=C(C)C)C(C)C(=O)Nc1ccc(N2CCN(C(=O)OC(C)(C)C)CC2)cc1. The summed E-state index contributed by atoms with van der Waals surface area (Å²) in [6.45, 7) is 22.9. The van der Waals surface area contributed by atoms with Crippen LogP contribution < -0.4 is 10.2 Å². The lowest BCUT2D eigenvalue weighted by Gasteiger charge is -2.36. The van der Waals surface area contributed by atoms with Crippen molar-refractivity contribution in [3.8, 4) is 0 Å². The molecule has 1 aliphatic rings. The maximum absolute atomic E-state index is 13.1. The topological polar surface area (TPSA) is 85.4 Å². The summed E-state index contributed by atoms with van der Waals surface area (Å²) in [5.41, 5.74) is 2.88. The average Bonchev–Trinajstić information content (AvgIpc) is 2.85. The second-order valence-corrected chi connectivity index (χ2v) is 10.7. The van der Waals surface area contributed by atoms with Gasteiger partial charge in [-0.3, -0.25) is 9.59 Å². The highest BCUT2D eigenvalue weighted by atomic mass is 16.6. The molecule has 9 heteroatoms. The molecule has 1 saturated heterocycles. The van der Waals surface area contributed by atoms with Gasteiger partial charge in [0.25, 0.3) is 5.91 Å². The van der Waals surface area contributed by atoms with Gasteiger partial charge in [0.15, 0.2) is 0 Å². The van der Waals surface area contributed by atoms with Crippen LogP contribution in [-0.4, -0.2) is 77.5 Å². The molecule has 1 aromatic rings. The lowest BCUT2D eigenvalue weighted by atomic mass is 10.1. The van der Waals surface area contributed by atoms with Gasteiger partial charge in [0.2, 0.25) is 5.91 Å². The van der Waals surface area contributed by atoms with Gasteiger partial charge >= 0.3 is 6.09 Å². The van der Waals surface area contributed by atoms with Crippen molar-refractivity contribution in [3.05, 3.63) is 60.6 Å². The van der Waals surface area contributed by atoms with E-state index in [0.717, 1.165) is 11.3 Å². The third-order valence-corrected chi connectivity index (χ3v) is 6.24. The molecule has 0 bridgehead atoms. The Labute approximate surface area is 227 Å². The summed E-state index contributed by atoms with van der Waals surface area (Å²) in [7, 11) is 1.65. The minimum atomic E-state index is -0.680. The van der Waals surface area contributed by atoms with Crippen molar-refractivity contribution in [1.82, 2.24) is 14.7 Å². The lowest BCUT2D eigenvalue weighted by molar-refractivity contribution is -0.126. The zero-order valence-electron chi connectivity index (χ0n) is 24.1. The van der Waals surface area contributed by atoms with Crippen LogP contribution in [0.25, 0.3) is 0 Å². The predicted molar refractivity (Wildman–Crippen MR) is 153 cm³/mol. The highest BCUT2D eigenvalue weighted by molar-refractivity contribution is 5.98. The van der Waals surface area contributed by atoms with E-state index in [9.17, 15) is 14.4 Å². The van der Waals surface area contributed by atoms with Crippen LogP contribution in [0.4, 0.5) is 16.2 Å². The molecular formula is C29H43N5O4. The fraction of sp³-hybridized carbons (Fsp3) is 0.483. The fourth-order valence-corrected chi connectivity index (χ4v) is 3.96. The highest BCUT2D eigenvalue weighted by Gasteiger charge is 2.29. The van der Waals surface area contributed by atoms with Crippen LogP contribution >= 0.6 is 0 Å². The number of allylic oxidation sites excluding steroid dienone is 2. The largest absolute Gasteiger partial charge is 0.444 e. The number of ether oxygens (including phenoxy) is 1. The monoisotopic (exact) mass is 525 g/mol. The summed E-state index contributed by atoms with van der Waals surface area (Å²) in [5.74, 6) is -0.527. The van der Waals surface area contributed by atoms with Gasteiger partial charge in [-0.25, -0.2) is 4.79 Å². The van der Waals surface area contributed by atoms with Gasteiger partial charge in [-0.05, 0) is 84.5 Å². The van der Waals surface area contributed by atoms with E-state index in [1.165, 1.54) is 11.1 Å². The van der Waals surface area contributed by atoms with Gasteiger partial charge in [-0.1, -0.05) is 13.2 Å². The third kappa shape index (κ3) is 7.87. The van der Waals surface area contributed by atoms with Crippen LogP contribution in [-0.2, 0) is 14.3 Å². The van der Waals surface area contributed by atoms with E-state index < -0.39 is 11.6 Å². The Bertz CT molecular complexity index is 1080. The molecule has 1 heterocycles. The lowest BCUT2D eigenvalue weighted by Crippen LogP contribution is -2.50. The number of nitrogens with zero attached hydrogens (tertiary/aromatic N) is 4. The summed E-state index contributed by atoms with van der Waals surface area (Å²) in [6, 6.07) is 6.91. The number of hydrogen-bond acceptors (Lipinski definition) is 6. The quantitative estimate of drug-likeness (QED) is 0.491. The van der Waals surface area contributed by atoms with E-state index in [-0.39, 0.29) is 17.9 Å². The zero-order chi connectivity index (χ0) is 28.8. The van der Waals surface area contributed by atoms with Crippen molar-refractivity contribution in [2.75, 3.05) is 43.4 Å². The number of hydrogen-bond donors (Lipinski definition) is 1. The van der Waals surface area contributed by atoms with E-state index in [1.807, 2.05) is 58.9 Å². The normalized spacial score (nSPS) is 14.2. The molecular weight excluding hydrogens is 482 g/mol. The molecule has 0 radical (unpaired) electrons. The number of anilines is 2. The summed E-state index contributed by atoms with van der Waals surface area (Å²) < 4.78 is 5.47. The summed E-state index contributed by atoms with van der Waals surface area (Å²) in [6.07, 6.45) is 1.21. The Morgan fingerprint density at radius 3 is 2.05 bits per heavy atom. The molecule has 1 atom stereocenters. The fourth-order valence-electron chi connectivity index (χ4n) is 3.96. The number of nitrogens with one attached hydrogen (secondary N) is 1. The first kappa shape index (κ1) is 30.5. The van der Waals surface area contributed by atoms with Gasteiger partial charge in [-0.15, -0.1) is 0 Å². The van der Waals surface area contributed by atoms with Crippen molar-refractivity contribution < 1.29 is 19.1 Å². The standard InChI is InChI=1S/C29H43N5O4/c1-11-34(25(20(2)3)27(36)31(10)21(4)5)22(6)26(35)30-23-12-14-24(15-13-23)32-16-18-33(19-17-32)28(37)38-29(7,8)9/h11-15,22H,1,4,16-19H2,2-3,5-10H3,(H,30,35). The number of carbonyl (C=O) groups is 3. The maximum atomic E-state index is 13.1. The Morgan fingerprint density at radius 1 is 1.05 bits per heavy atom. The molecule has 1 N–H and O–H groups in total. The smallest absolute Gasteiger partial charge is 0.410 e. The van der Waals surface area contributed by atoms with Crippen molar-refractivity contribution in [3.63, 3.8) is 0 Å². The molecule has 1 unspecified atom stereocenters. The molecule has 1 aliphatic heterocycles. The first-order valence-corrected chi connectivity index (χ1v) is 12.8. The van der Waals surface area contributed by atoms with Gasteiger partial charge in [0.05, 0.1) is 0 Å². The minimum Gasteiger partial charge on any atom is -0.444 e. The van der Waals surface area contributed by atoms with Crippen molar-refractivity contribution >= 4 is 29.3 Å². The molecule has 1 aromatic carbocycles. The highest BCUT2D eigenvalue weighted by Crippen LogP contribution is 2.23. The maximum Gasteiger partial charge on any atom is 0.410 e. The average molecular weight is 526 g/mol. The Morgan fingerprint density at radius 2 is 1.61 bits per heavy atom. The Kier molecular flexibility index (Phi) is 10.2. The molecule has 2 rings (SSSR count). The zero-order valence-corrected chi connectivity index (χ0v) is 24.1. The molecule has 0 aromatic heterocycles. The minimum absolute atomic E-state index is 0.256. The number of piperazine rings is 1. The number of amides is 3. The van der Waals surface area contributed by atoms with Gasteiger partial charge in [0, 0.05) is 50.3 Å². The van der Waals surface area contributed by atoms with Crippen LogP contribution in [0, 0.1) is 0 Å². The number of likely N-dealkylation sites (N-methyl/N-ethyl adjacent to an activating group) is 1. The second kappa shape index (κ2) is 12.7. The molecule has 9 nitrogen and oxygen atoms in total. The van der Waals surface area contributed by atoms with Crippen molar-refractivity contribution in [1.29, 1.82) is 0 Å². The van der Waals surface area contributed by atoms with Crippen molar-refractivity contribution in [2.45, 2.75) is 60.1 Å². The van der Waals surface area contributed by atoms with E-state index in [1.54, 1.807) is 30.7 Å². The van der Waals surface area contributed by atoms with Gasteiger partial charge < -0.3 is 29.7 Å². The van der Waals surface area contributed by atoms with Crippen LogP contribution in [0.15, 0.2) is 60.6 Å². The van der Waals surface area contributed by atoms with E-state index in [2.05, 4.69) is 23.4 Å². The van der Waals surface area contributed by atoms with Crippen LogP contribution in [0.1, 0.15) is 48.5 Å². The molecule has 3 amide bonds. The molecule has 0 aliphatic carbocycles. The summed E-state index contributed by atoms with van der Waals surface area (Å²) >= 11 is 0. The third-order valence-electron chi connectivity index (χ3n) is 6.24.